The number of ether oxygens (including phenoxy) is 3. The summed E-state index contributed by atoms with van der Waals surface area (Å²) in [6, 6.07) is 7.66. The maximum atomic E-state index is 5.57. The summed E-state index contributed by atoms with van der Waals surface area (Å²) in [7, 11) is 1.65. The molecule has 1 heterocycles. The van der Waals surface area contributed by atoms with Gasteiger partial charge in [0.05, 0.1) is 26.4 Å². The van der Waals surface area contributed by atoms with Crippen molar-refractivity contribution in [3.05, 3.63) is 24.3 Å². The highest BCUT2D eigenvalue weighted by atomic mass is 16.6. The van der Waals surface area contributed by atoms with E-state index in [1.807, 2.05) is 24.3 Å². The van der Waals surface area contributed by atoms with E-state index < -0.39 is 0 Å². The van der Waals surface area contributed by atoms with Crippen LogP contribution in [0.2, 0.25) is 0 Å². The Hall–Kier alpha value is -1.22. The molecular weight excluding hydrogens is 180 g/mol. The average Bonchev–Trinajstić information content (AvgIpc) is 3.03. The molecule has 2 rings (SSSR count). The minimum Gasteiger partial charge on any atom is -0.493 e. The van der Waals surface area contributed by atoms with Crippen LogP contribution in [0.3, 0.4) is 0 Å². The molecule has 0 saturated carbocycles. The van der Waals surface area contributed by atoms with E-state index in [2.05, 4.69) is 0 Å². The predicted octanol–water partition coefficient (Wildman–Crippen LogP) is 1.86. The summed E-state index contributed by atoms with van der Waals surface area (Å²) < 4.78 is 15.8. The van der Waals surface area contributed by atoms with Gasteiger partial charge in [0.25, 0.3) is 0 Å². The molecule has 3 nitrogen and oxygen atoms in total. The van der Waals surface area contributed by atoms with Gasteiger partial charge in [0.2, 0.25) is 0 Å². The fourth-order valence-electron chi connectivity index (χ4n) is 1.27. The highest BCUT2D eigenvalue weighted by Gasteiger charge is 2.21. The molecule has 1 fully saturated rings. The average molecular weight is 194 g/mol. The van der Waals surface area contributed by atoms with Crippen molar-refractivity contribution in [2.45, 2.75) is 12.5 Å². The van der Waals surface area contributed by atoms with E-state index in [9.17, 15) is 0 Å². The summed E-state index contributed by atoms with van der Waals surface area (Å²) in [5.74, 6) is 1.58. The smallest absolute Gasteiger partial charge is 0.161 e. The Labute approximate surface area is 83.6 Å². The van der Waals surface area contributed by atoms with Gasteiger partial charge in [0, 0.05) is 6.42 Å². The lowest BCUT2D eigenvalue weighted by molar-refractivity contribution is 0.269. The molecule has 1 aromatic carbocycles. The standard InChI is InChI=1S/C11H14O3/c1-12-10-4-2-3-5-11(10)13-7-6-9-8-14-9/h2-5,9H,6-8H2,1H3. The fourth-order valence-corrected chi connectivity index (χ4v) is 1.27. The van der Waals surface area contributed by atoms with Gasteiger partial charge in [0.15, 0.2) is 11.5 Å². The molecule has 14 heavy (non-hydrogen) atoms. The number of rotatable bonds is 5. The van der Waals surface area contributed by atoms with E-state index in [1.54, 1.807) is 7.11 Å². The first-order chi connectivity index (χ1) is 6.90. The number of benzene rings is 1. The topological polar surface area (TPSA) is 31.0 Å². The number of para-hydroxylation sites is 2. The molecule has 1 saturated heterocycles. The van der Waals surface area contributed by atoms with Gasteiger partial charge in [-0.2, -0.15) is 0 Å². The third-order valence-electron chi connectivity index (χ3n) is 2.17. The third-order valence-corrected chi connectivity index (χ3v) is 2.17. The number of hydrogen-bond donors (Lipinski definition) is 0. The second-order valence-electron chi connectivity index (χ2n) is 3.24. The Balaban J connectivity index is 1.86. The van der Waals surface area contributed by atoms with E-state index in [1.165, 1.54) is 0 Å². The Morgan fingerprint density at radius 3 is 2.71 bits per heavy atom. The van der Waals surface area contributed by atoms with Gasteiger partial charge in [-0.05, 0) is 12.1 Å². The summed E-state index contributed by atoms with van der Waals surface area (Å²) >= 11 is 0. The van der Waals surface area contributed by atoms with Gasteiger partial charge < -0.3 is 14.2 Å². The lowest BCUT2D eigenvalue weighted by Gasteiger charge is -2.09. The normalized spacial score (nSPS) is 19.1. The van der Waals surface area contributed by atoms with Crippen LogP contribution in [0.5, 0.6) is 11.5 Å². The first kappa shape index (κ1) is 9.34. The van der Waals surface area contributed by atoms with Gasteiger partial charge >= 0.3 is 0 Å². The largest absolute Gasteiger partial charge is 0.493 e. The first-order valence-electron chi connectivity index (χ1n) is 4.77. The number of hydrogen-bond acceptors (Lipinski definition) is 3. The zero-order chi connectivity index (χ0) is 9.80. The van der Waals surface area contributed by atoms with Crippen LogP contribution in [-0.2, 0) is 4.74 Å². The van der Waals surface area contributed by atoms with Gasteiger partial charge in [-0.3, -0.25) is 0 Å². The minimum absolute atomic E-state index is 0.421. The summed E-state index contributed by atoms with van der Waals surface area (Å²) in [4.78, 5) is 0. The molecule has 0 N–H and O–H groups in total. The highest BCUT2D eigenvalue weighted by molar-refractivity contribution is 5.39. The van der Waals surface area contributed by atoms with E-state index >= 15 is 0 Å². The molecule has 76 valence electrons. The van der Waals surface area contributed by atoms with Crippen molar-refractivity contribution < 1.29 is 14.2 Å². The predicted molar refractivity (Wildman–Crippen MR) is 52.8 cm³/mol. The van der Waals surface area contributed by atoms with Gasteiger partial charge in [0.1, 0.15) is 0 Å². The van der Waals surface area contributed by atoms with E-state index in [0.29, 0.717) is 12.7 Å². The Morgan fingerprint density at radius 1 is 1.36 bits per heavy atom. The molecular formula is C11H14O3. The molecule has 0 bridgehead atoms. The maximum absolute atomic E-state index is 5.57. The van der Waals surface area contributed by atoms with E-state index in [0.717, 1.165) is 24.5 Å². The maximum Gasteiger partial charge on any atom is 0.161 e. The van der Waals surface area contributed by atoms with E-state index in [-0.39, 0.29) is 0 Å². The zero-order valence-corrected chi connectivity index (χ0v) is 8.23. The van der Waals surface area contributed by atoms with Crippen molar-refractivity contribution in [1.29, 1.82) is 0 Å². The van der Waals surface area contributed by atoms with Crippen LogP contribution in [0.15, 0.2) is 24.3 Å². The van der Waals surface area contributed by atoms with Crippen molar-refractivity contribution >= 4 is 0 Å². The molecule has 0 radical (unpaired) electrons. The Bertz CT molecular complexity index is 294. The molecule has 0 aliphatic carbocycles. The Kier molecular flexibility index (Phi) is 2.89. The molecule has 1 aliphatic rings. The zero-order valence-electron chi connectivity index (χ0n) is 8.23. The van der Waals surface area contributed by atoms with Crippen molar-refractivity contribution in [2.24, 2.45) is 0 Å². The van der Waals surface area contributed by atoms with Gasteiger partial charge in [-0.15, -0.1) is 0 Å². The van der Waals surface area contributed by atoms with Crippen LogP contribution in [-0.4, -0.2) is 26.4 Å². The lowest BCUT2D eigenvalue weighted by atomic mass is 10.3. The van der Waals surface area contributed by atoms with Gasteiger partial charge in [-0.25, -0.2) is 0 Å². The number of epoxide rings is 1. The second kappa shape index (κ2) is 4.33. The van der Waals surface area contributed by atoms with Crippen molar-refractivity contribution in [3.8, 4) is 11.5 Å². The van der Waals surface area contributed by atoms with Crippen LogP contribution in [0.25, 0.3) is 0 Å². The monoisotopic (exact) mass is 194 g/mol. The molecule has 0 amide bonds. The fraction of sp³-hybridized carbons (Fsp3) is 0.455. The van der Waals surface area contributed by atoms with Crippen LogP contribution in [0.4, 0.5) is 0 Å². The lowest BCUT2D eigenvalue weighted by Crippen LogP contribution is -2.02. The quantitative estimate of drug-likeness (QED) is 0.670. The van der Waals surface area contributed by atoms with Crippen LogP contribution < -0.4 is 9.47 Å². The molecule has 1 aliphatic heterocycles. The van der Waals surface area contributed by atoms with Crippen molar-refractivity contribution in [1.82, 2.24) is 0 Å². The molecule has 0 aromatic heterocycles. The molecule has 1 unspecified atom stereocenters. The molecule has 1 aromatic rings. The van der Waals surface area contributed by atoms with Gasteiger partial charge in [-0.1, -0.05) is 12.1 Å². The van der Waals surface area contributed by atoms with Crippen LogP contribution >= 0.6 is 0 Å². The molecule has 0 spiro atoms. The SMILES string of the molecule is COc1ccccc1OCCC1CO1. The van der Waals surface area contributed by atoms with Crippen LogP contribution in [0.1, 0.15) is 6.42 Å². The van der Waals surface area contributed by atoms with E-state index in [4.69, 9.17) is 14.2 Å². The third kappa shape index (κ3) is 2.39. The summed E-state index contributed by atoms with van der Waals surface area (Å²) in [6.45, 7) is 1.57. The van der Waals surface area contributed by atoms with Crippen LogP contribution in [0, 0.1) is 0 Å². The summed E-state index contributed by atoms with van der Waals surface area (Å²) in [5.41, 5.74) is 0. The Morgan fingerprint density at radius 2 is 2.07 bits per heavy atom. The first-order valence-corrected chi connectivity index (χ1v) is 4.77. The summed E-state index contributed by atoms with van der Waals surface area (Å²) in [5, 5.41) is 0. The minimum atomic E-state index is 0.421. The van der Waals surface area contributed by atoms with Crippen molar-refractivity contribution in [2.75, 3.05) is 20.3 Å². The highest BCUT2D eigenvalue weighted by Crippen LogP contribution is 2.26. The number of methoxy groups -OCH3 is 1. The van der Waals surface area contributed by atoms with Crippen molar-refractivity contribution in [3.63, 3.8) is 0 Å². The second-order valence-corrected chi connectivity index (χ2v) is 3.24. The summed E-state index contributed by atoms with van der Waals surface area (Å²) in [6.07, 6.45) is 1.38. The molecule has 3 heteroatoms. The molecule has 1 atom stereocenters.